The lowest BCUT2D eigenvalue weighted by Crippen LogP contribution is -2.41. The van der Waals surface area contributed by atoms with Crippen LogP contribution in [-0.4, -0.2) is 23.7 Å². The quantitative estimate of drug-likeness (QED) is 0.833. The molecule has 1 aliphatic rings. The molecule has 1 unspecified atom stereocenters. The van der Waals surface area contributed by atoms with Crippen molar-refractivity contribution in [2.24, 2.45) is 0 Å². The van der Waals surface area contributed by atoms with Crippen molar-refractivity contribution in [1.82, 2.24) is 0 Å². The van der Waals surface area contributed by atoms with Gasteiger partial charge >= 0.3 is 5.97 Å². The lowest BCUT2D eigenvalue weighted by Gasteiger charge is -2.18. The third-order valence-corrected chi connectivity index (χ3v) is 3.25. The van der Waals surface area contributed by atoms with Crippen molar-refractivity contribution < 1.29 is 14.6 Å². The van der Waals surface area contributed by atoms with E-state index >= 15 is 0 Å². The lowest BCUT2D eigenvalue weighted by atomic mass is 9.98. The van der Waals surface area contributed by atoms with Crippen LogP contribution in [0.1, 0.15) is 12.5 Å². The molecular weight excluding hydrogens is 230 g/mol. The van der Waals surface area contributed by atoms with Gasteiger partial charge in [0.1, 0.15) is 11.3 Å². The van der Waals surface area contributed by atoms with Crippen LogP contribution in [0, 0.1) is 0 Å². The number of nitrogens with one attached hydrogen (secondary N) is 1. The molecule has 0 amide bonds. The fourth-order valence-corrected chi connectivity index (χ4v) is 2.18. The second-order valence-corrected chi connectivity index (χ2v) is 4.42. The molecule has 86 valence electrons. The van der Waals surface area contributed by atoms with E-state index < -0.39 is 11.5 Å². The third-order valence-electron chi connectivity index (χ3n) is 2.84. The molecule has 16 heavy (non-hydrogen) atoms. The Hall–Kier alpha value is -1.42. The first-order chi connectivity index (χ1) is 7.48. The summed E-state index contributed by atoms with van der Waals surface area (Å²) in [5.41, 5.74) is 0.569. The number of benzene rings is 1. The molecule has 1 aromatic rings. The summed E-state index contributed by atoms with van der Waals surface area (Å²) in [6.07, 6.45) is 0.355. The molecule has 0 saturated heterocycles. The first-order valence-corrected chi connectivity index (χ1v) is 5.22. The molecular formula is C11H12ClNO3. The zero-order chi connectivity index (χ0) is 11.9. The van der Waals surface area contributed by atoms with Crippen LogP contribution in [0.5, 0.6) is 5.75 Å². The molecule has 0 spiro atoms. The molecule has 1 aliphatic heterocycles. The Labute approximate surface area is 98.2 Å². The first kappa shape index (κ1) is 11.1. The molecule has 0 aromatic heterocycles. The number of aliphatic carboxylic acids is 1. The zero-order valence-electron chi connectivity index (χ0n) is 9.00. The normalized spacial score (nSPS) is 22.4. The number of rotatable bonds is 2. The van der Waals surface area contributed by atoms with Gasteiger partial charge in [0.25, 0.3) is 0 Å². The van der Waals surface area contributed by atoms with Gasteiger partial charge in [-0.1, -0.05) is 11.6 Å². The standard InChI is InChI=1S/C11H12ClNO3/c1-11(10(14)15)5-6-7(13-11)3-4-8(16-2)9(6)12/h3-4,13H,5H2,1-2H3,(H,14,15). The van der Waals surface area contributed by atoms with Gasteiger partial charge in [0.2, 0.25) is 0 Å². The van der Waals surface area contributed by atoms with Crippen LogP contribution in [0.15, 0.2) is 12.1 Å². The molecule has 1 atom stereocenters. The summed E-state index contributed by atoms with van der Waals surface area (Å²) in [7, 11) is 1.53. The number of anilines is 1. The van der Waals surface area contributed by atoms with E-state index in [1.54, 1.807) is 19.1 Å². The Morgan fingerprint density at radius 1 is 1.62 bits per heavy atom. The highest BCUT2D eigenvalue weighted by molar-refractivity contribution is 6.33. The molecule has 0 fully saturated rings. The molecule has 1 aromatic carbocycles. The fourth-order valence-electron chi connectivity index (χ4n) is 1.87. The number of fused-ring (bicyclic) bond motifs is 1. The molecule has 0 saturated carbocycles. The summed E-state index contributed by atoms with van der Waals surface area (Å²) < 4.78 is 5.09. The molecule has 2 N–H and O–H groups in total. The lowest BCUT2D eigenvalue weighted by molar-refractivity contribution is -0.141. The van der Waals surface area contributed by atoms with Crippen LogP contribution in [0.3, 0.4) is 0 Å². The summed E-state index contributed by atoms with van der Waals surface area (Å²) in [5, 5.41) is 12.6. The highest BCUT2D eigenvalue weighted by atomic mass is 35.5. The van der Waals surface area contributed by atoms with Crippen LogP contribution in [0.25, 0.3) is 0 Å². The van der Waals surface area contributed by atoms with E-state index in [0.717, 1.165) is 11.3 Å². The molecule has 0 radical (unpaired) electrons. The maximum Gasteiger partial charge on any atom is 0.329 e. The van der Waals surface area contributed by atoms with Gasteiger partial charge < -0.3 is 15.2 Å². The van der Waals surface area contributed by atoms with Gasteiger partial charge in [-0.15, -0.1) is 0 Å². The van der Waals surface area contributed by atoms with Gasteiger partial charge in [-0.05, 0) is 19.1 Å². The van der Waals surface area contributed by atoms with Crippen LogP contribution in [-0.2, 0) is 11.2 Å². The summed E-state index contributed by atoms with van der Waals surface area (Å²) >= 11 is 6.13. The summed E-state index contributed by atoms with van der Waals surface area (Å²) in [4.78, 5) is 11.1. The predicted molar refractivity (Wildman–Crippen MR) is 61.4 cm³/mol. The number of halogens is 1. The van der Waals surface area contributed by atoms with Gasteiger partial charge in [0, 0.05) is 17.7 Å². The van der Waals surface area contributed by atoms with E-state index in [2.05, 4.69) is 5.32 Å². The smallest absolute Gasteiger partial charge is 0.329 e. The van der Waals surface area contributed by atoms with Gasteiger partial charge in [0.05, 0.1) is 12.1 Å². The Balaban J connectivity index is 2.45. The maximum absolute atomic E-state index is 11.1. The van der Waals surface area contributed by atoms with Crippen LogP contribution in [0.4, 0.5) is 5.69 Å². The maximum atomic E-state index is 11.1. The van der Waals surface area contributed by atoms with Crippen molar-refractivity contribution >= 4 is 23.3 Å². The van der Waals surface area contributed by atoms with E-state index in [1.807, 2.05) is 0 Å². The van der Waals surface area contributed by atoms with E-state index in [1.165, 1.54) is 7.11 Å². The van der Waals surface area contributed by atoms with Crippen LogP contribution in [0.2, 0.25) is 5.02 Å². The number of carboxylic acid groups (broad SMARTS) is 1. The number of carboxylic acids is 1. The van der Waals surface area contributed by atoms with E-state index in [4.69, 9.17) is 21.4 Å². The summed E-state index contributed by atoms with van der Waals surface area (Å²) in [5.74, 6) is -0.324. The SMILES string of the molecule is COc1ccc2c(c1Cl)CC(C)(C(=O)O)N2. The zero-order valence-corrected chi connectivity index (χ0v) is 9.76. The topological polar surface area (TPSA) is 58.6 Å². The molecule has 0 aliphatic carbocycles. The van der Waals surface area contributed by atoms with E-state index in [-0.39, 0.29) is 0 Å². The molecule has 5 heteroatoms. The highest BCUT2D eigenvalue weighted by Gasteiger charge is 2.40. The minimum atomic E-state index is -0.988. The van der Waals surface area contributed by atoms with Crippen LogP contribution >= 0.6 is 11.6 Å². The Morgan fingerprint density at radius 2 is 2.31 bits per heavy atom. The number of carbonyl (C=O) groups is 1. The Kier molecular flexibility index (Phi) is 2.46. The second-order valence-electron chi connectivity index (χ2n) is 4.05. The third kappa shape index (κ3) is 1.50. The van der Waals surface area contributed by atoms with Gasteiger partial charge in [-0.3, -0.25) is 0 Å². The van der Waals surface area contributed by atoms with Crippen molar-refractivity contribution in [3.63, 3.8) is 0 Å². The van der Waals surface area contributed by atoms with Crippen molar-refractivity contribution in [3.8, 4) is 5.75 Å². The summed E-state index contributed by atoms with van der Waals surface area (Å²) in [6.45, 7) is 1.64. The van der Waals surface area contributed by atoms with Gasteiger partial charge in [-0.25, -0.2) is 4.79 Å². The van der Waals surface area contributed by atoms with Gasteiger partial charge in [-0.2, -0.15) is 0 Å². The number of hydrogen-bond acceptors (Lipinski definition) is 3. The van der Waals surface area contributed by atoms with Crippen molar-refractivity contribution in [1.29, 1.82) is 0 Å². The Bertz CT molecular complexity index is 461. The van der Waals surface area contributed by atoms with Crippen molar-refractivity contribution in [3.05, 3.63) is 22.7 Å². The Morgan fingerprint density at radius 3 is 2.88 bits per heavy atom. The number of methoxy groups -OCH3 is 1. The first-order valence-electron chi connectivity index (χ1n) is 4.85. The van der Waals surface area contributed by atoms with Crippen molar-refractivity contribution in [2.75, 3.05) is 12.4 Å². The molecule has 2 rings (SSSR count). The number of hydrogen-bond donors (Lipinski definition) is 2. The van der Waals surface area contributed by atoms with Crippen LogP contribution < -0.4 is 10.1 Å². The molecule has 4 nitrogen and oxygen atoms in total. The predicted octanol–water partition coefficient (Wildman–Crippen LogP) is 2.16. The van der Waals surface area contributed by atoms with E-state index in [0.29, 0.717) is 17.2 Å². The summed E-state index contributed by atoms with van der Waals surface area (Å²) in [6, 6.07) is 3.51. The number of ether oxygens (including phenoxy) is 1. The van der Waals surface area contributed by atoms with E-state index in [9.17, 15) is 4.79 Å². The van der Waals surface area contributed by atoms with Crippen molar-refractivity contribution in [2.45, 2.75) is 18.9 Å². The average Bonchev–Trinajstić information content (AvgIpc) is 2.58. The minimum Gasteiger partial charge on any atom is -0.495 e. The monoisotopic (exact) mass is 241 g/mol. The van der Waals surface area contributed by atoms with Gasteiger partial charge in [0.15, 0.2) is 0 Å². The average molecular weight is 242 g/mol. The second kappa shape index (κ2) is 3.56. The highest BCUT2D eigenvalue weighted by Crippen LogP contribution is 2.41. The fraction of sp³-hybridized carbons (Fsp3) is 0.364. The minimum absolute atomic E-state index is 0.355. The largest absolute Gasteiger partial charge is 0.495 e. The molecule has 1 heterocycles. The molecule has 0 bridgehead atoms.